The van der Waals surface area contributed by atoms with Gasteiger partial charge >= 0.3 is 12.3 Å². The Hall–Kier alpha value is -3.93. The number of carbonyl (C=O) groups is 2. The van der Waals surface area contributed by atoms with Crippen LogP contribution in [0.3, 0.4) is 0 Å². The lowest BCUT2D eigenvalue weighted by atomic mass is 9.62. The molecule has 222 valence electrons. The summed E-state index contributed by atoms with van der Waals surface area (Å²) < 4.78 is 50.4. The standard InChI is InChI=1S/C30H32F3N5O4/c1-28(8-5-9-28)38(27(40)41)15-18-10-22-23(24(11-18)30(31,32)33)16-37(25(22)39)20-7-4-6-19(12-20)29(13-21(14-29)42-3)26-35-34-17-36(26)2/h4,6-7,10-12,17,21H,5,8-9,13-16H2,1-3H3,(H,40,41). The maximum absolute atomic E-state index is 14.3. The number of aromatic nitrogens is 3. The van der Waals surface area contributed by atoms with Crippen LogP contribution in [0.1, 0.15) is 77.5 Å². The summed E-state index contributed by atoms with van der Waals surface area (Å²) >= 11 is 0. The van der Waals surface area contributed by atoms with Crippen molar-refractivity contribution in [3.63, 3.8) is 0 Å². The van der Waals surface area contributed by atoms with Crippen LogP contribution in [0.4, 0.5) is 23.7 Å². The highest BCUT2D eigenvalue weighted by molar-refractivity contribution is 6.10. The predicted octanol–water partition coefficient (Wildman–Crippen LogP) is 5.51. The second kappa shape index (κ2) is 9.82. The summed E-state index contributed by atoms with van der Waals surface area (Å²) in [5, 5.41) is 18.2. The first kappa shape index (κ1) is 28.2. The van der Waals surface area contributed by atoms with Crippen molar-refractivity contribution in [2.75, 3.05) is 12.0 Å². The Morgan fingerprint density at radius 3 is 2.52 bits per heavy atom. The molecule has 0 atom stereocenters. The number of hydrogen-bond acceptors (Lipinski definition) is 5. The van der Waals surface area contributed by atoms with Crippen LogP contribution in [0.25, 0.3) is 0 Å². The molecule has 1 aliphatic heterocycles. The minimum Gasteiger partial charge on any atom is -0.465 e. The zero-order valence-electron chi connectivity index (χ0n) is 23.6. The first-order valence-corrected chi connectivity index (χ1v) is 13.9. The largest absolute Gasteiger partial charge is 0.465 e. The molecule has 6 rings (SSSR count). The van der Waals surface area contributed by atoms with Gasteiger partial charge in [-0.05, 0) is 80.0 Å². The Balaban J connectivity index is 1.36. The van der Waals surface area contributed by atoms with Gasteiger partial charge in [-0.15, -0.1) is 10.2 Å². The SMILES string of the molecule is COC1CC(c2cccc(N3Cc4c(cc(CN(C(=O)O)C5(C)CCC5)cc4C(F)(F)F)C3=O)c2)(c2nncn2C)C1. The van der Waals surface area contributed by atoms with E-state index < -0.39 is 34.7 Å². The maximum Gasteiger partial charge on any atom is 0.416 e. The third kappa shape index (κ3) is 4.43. The minimum absolute atomic E-state index is 0.0170. The van der Waals surface area contributed by atoms with E-state index in [2.05, 4.69) is 10.2 Å². The number of carbonyl (C=O) groups excluding carboxylic acids is 1. The number of nitrogens with zero attached hydrogens (tertiary/aromatic N) is 5. The summed E-state index contributed by atoms with van der Waals surface area (Å²) in [4.78, 5) is 28.3. The van der Waals surface area contributed by atoms with Crippen molar-refractivity contribution in [2.24, 2.45) is 7.05 Å². The number of aryl methyl sites for hydroxylation is 1. The number of rotatable bonds is 7. The van der Waals surface area contributed by atoms with Crippen molar-refractivity contribution >= 4 is 17.7 Å². The van der Waals surface area contributed by atoms with Crippen LogP contribution in [-0.4, -0.2) is 55.5 Å². The smallest absolute Gasteiger partial charge is 0.416 e. The summed E-state index contributed by atoms with van der Waals surface area (Å²) in [6.07, 6.45) is -0.849. The molecule has 0 saturated heterocycles. The zero-order valence-corrected chi connectivity index (χ0v) is 23.6. The van der Waals surface area contributed by atoms with Crippen LogP contribution < -0.4 is 4.90 Å². The van der Waals surface area contributed by atoms with Gasteiger partial charge in [0, 0.05) is 37.5 Å². The lowest BCUT2D eigenvalue weighted by Gasteiger charge is -2.46. The van der Waals surface area contributed by atoms with E-state index in [1.54, 1.807) is 32.5 Å². The van der Waals surface area contributed by atoms with Gasteiger partial charge in [0.15, 0.2) is 0 Å². The molecule has 12 heteroatoms. The molecule has 2 aliphatic carbocycles. The molecule has 1 aromatic heterocycles. The Labute approximate surface area is 240 Å². The number of methoxy groups -OCH3 is 1. The summed E-state index contributed by atoms with van der Waals surface area (Å²) in [7, 11) is 3.51. The third-order valence-corrected chi connectivity index (χ3v) is 9.40. The minimum atomic E-state index is -4.72. The number of anilines is 1. The number of halogens is 3. The Morgan fingerprint density at radius 1 is 1.21 bits per heavy atom. The summed E-state index contributed by atoms with van der Waals surface area (Å²) in [5.41, 5.74) is -0.743. The van der Waals surface area contributed by atoms with E-state index >= 15 is 0 Å². The normalized spacial score (nSPS) is 22.9. The predicted molar refractivity (Wildman–Crippen MR) is 146 cm³/mol. The van der Waals surface area contributed by atoms with Gasteiger partial charge in [-0.25, -0.2) is 4.79 Å². The van der Waals surface area contributed by atoms with Crippen molar-refractivity contribution in [2.45, 2.75) is 75.4 Å². The van der Waals surface area contributed by atoms with Crippen molar-refractivity contribution < 1.29 is 32.6 Å². The number of hydrogen-bond donors (Lipinski definition) is 1. The lowest BCUT2D eigenvalue weighted by molar-refractivity contribution is -0.138. The zero-order chi connectivity index (χ0) is 30.0. The van der Waals surface area contributed by atoms with Crippen LogP contribution >= 0.6 is 0 Å². The number of ether oxygens (including phenoxy) is 1. The molecule has 2 fully saturated rings. The quantitative estimate of drug-likeness (QED) is 0.394. The maximum atomic E-state index is 14.3. The number of benzene rings is 2. The number of fused-ring (bicyclic) bond motifs is 1. The van der Waals surface area contributed by atoms with Crippen LogP contribution in [-0.2, 0) is 36.5 Å². The molecule has 2 saturated carbocycles. The molecule has 3 aromatic rings. The van der Waals surface area contributed by atoms with Gasteiger partial charge in [-0.3, -0.25) is 9.69 Å². The van der Waals surface area contributed by atoms with Crippen molar-refractivity contribution in [3.05, 3.63) is 76.4 Å². The number of amides is 2. The molecule has 0 unspecified atom stereocenters. The van der Waals surface area contributed by atoms with E-state index in [-0.39, 0.29) is 35.9 Å². The summed E-state index contributed by atoms with van der Waals surface area (Å²) in [6.45, 7) is 1.32. The van der Waals surface area contributed by atoms with Crippen LogP contribution in [0.5, 0.6) is 0 Å². The number of alkyl halides is 3. The van der Waals surface area contributed by atoms with E-state index in [0.717, 1.165) is 23.9 Å². The molecule has 0 bridgehead atoms. The van der Waals surface area contributed by atoms with Crippen molar-refractivity contribution in [1.82, 2.24) is 19.7 Å². The topological polar surface area (TPSA) is 101 Å². The summed E-state index contributed by atoms with van der Waals surface area (Å²) in [6, 6.07) is 9.68. The molecule has 2 amide bonds. The Kier molecular flexibility index (Phi) is 6.60. The molecule has 0 spiro atoms. The highest BCUT2D eigenvalue weighted by atomic mass is 19.4. The average Bonchev–Trinajstić information content (AvgIpc) is 3.48. The van der Waals surface area contributed by atoms with Crippen LogP contribution in [0.2, 0.25) is 0 Å². The molecule has 1 N–H and O–H groups in total. The van der Waals surface area contributed by atoms with E-state index in [1.807, 2.05) is 23.7 Å². The fraction of sp³-hybridized carbons (Fsp3) is 0.467. The Morgan fingerprint density at radius 2 is 1.95 bits per heavy atom. The van der Waals surface area contributed by atoms with Gasteiger partial charge in [-0.2, -0.15) is 13.2 Å². The van der Waals surface area contributed by atoms with Crippen LogP contribution in [0, 0.1) is 0 Å². The van der Waals surface area contributed by atoms with Gasteiger partial charge < -0.3 is 19.3 Å². The van der Waals surface area contributed by atoms with Crippen molar-refractivity contribution in [3.8, 4) is 0 Å². The molecule has 2 heterocycles. The van der Waals surface area contributed by atoms with Gasteiger partial charge in [0.05, 0.1) is 23.6 Å². The second-order valence-corrected chi connectivity index (χ2v) is 11.9. The third-order valence-electron chi connectivity index (χ3n) is 9.40. The molecule has 0 radical (unpaired) electrons. The monoisotopic (exact) mass is 583 g/mol. The number of carboxylic acid groups (broad SMARTS) is 1. The van der Waals surface area contributed by atoms with E-state index in [1.165, 1.54) is 15.9 Å². The van der Waals surface area contributed by atoms with Gasteiger partial charge in [0.2, 0.25) is 0 Å². The summed E-state index contributed by atoms with van der Waals surface area (Å²) in [5.74, 6) is 0.193. The second-order valence-electron chi connectivity index (χ2n) is 11.9. The van der Waals surface area contributed by atoms with E-state index in [0.29, 0.717) is 31.4 Å². The van der Waals surface area contributed by atoms with Crippen LogP contribution in [0.15, 0.2) is 42.7 Å². The molecule has 2 aromatic carbocycles. The fourth-order valence-corrected chi connectivity index (χ4v) is 6.77. The highest BCUT2D eigenvalue weighted by Gasteiger charge is 2.51. The first-order chi connectivity index (χ1) is 19.9. The van der Waals surface area contributed by atoms with Crippen molar-refractivity contribution in [1.29, 1.82) is 0 Å². The first-order valence-electron chi connectivity index (χ1n) is 13.9. The van der Waals surface area contributed by atoms with Gasteiger partial charge in [0.1, 0.15) is 12.2 Å². The van der Waals surface area contributed by atoms with E-state index in [4.69, 9.17) is 4.74 Å². The molecule has 42 heavy (non-hydrogen) atoms. The van der Waals surface area contributed by atoms with Gasteiger partial charge in [0.25, 0.3) is 5.91 Å². The van der Waals surface area contributed by atoms with Gasteiger partial charge in [-0.1, -0.05) is 12.1 Å². The molecule has 3 aliphatic rings. The molecular weight excluding hydrogens is 551 g/mol. The van der Waals surface area contributed by atoms with E-state index in [9.17, 15) is 27.9 Å². The molecule has 9 nitrogen and oxygen atoms in total. The fourth-order valence-electron chi connectivity index (χ4n) is 6.77. The average molecular weight is 584 g/mol. The highest BCUT2D eigenvalue weighted by Crippen LogP contribution is 2.50. The Bertz CT molecular complexity index is 1560. The lowest BCUT2D eigenvalue weighted by Crippen LogP contribution is -2.53. The molecular formula is C30H32F3N5O4.